The molecule has 0 aliphatic carbocycles. The lowest BCUT2D eigenvalue weighted by Gasteiger charge is -2.16. The molecule has 1 saturated heterocycles. The van der Waals surface area contributed by atoms with E-state index >= 15 is 0 Å². The van der Waals surface area contributed by atoms with E-state index in [0.29, 0.717) is 11.1 Å². The Morgan fingerprint density at radius 3 is 2.68 bits per heavy atom. The summed E-state index contributed by atoms with van der Waals surface area (Å²) in [4.78, 5) is 24.4. The zero-order valence-corrected chi connectivity index (χ0v) is 12.5. The molecular formula is C16H11F3N2O4. The molecular weight excluding hydrogens is 341 g/mol. The van der Waals surface area contributed by atoms with E-state index in [1.165, 1.54) is 24.7 Å². The number of anilines is 1. The Morgan fingerprint density at radius 2 is 2.00 bits per heavy atom. The number of nitrogens with zero attached hydrogens (tertiary/aromatic N) is 1. The van der Waals surface area contributed by atoms with Gasteiger partial charge in [-0.3, -0.25) is 15.0 Å². The van der Waals surface area contributed by atoms with Crippen LogP contribution in [0.25, 0.3) is 6.08 Å². The second kappa shape index (κ2) is 6.10. The standard InChI is InChI=1S/C16H11F3N2O4/c17-16(18,19)11-2-1-3-12(5-11)21-15(24)13(14(23)20-21)4-9-7-25-8-10(9)6-22/h1-5,7-8,22H,6H2,(H,20,23)/b13-4-. The fourth-order valence-electron chi connectivity index (χ4n) is 2.30. The third-order valence-corrected chi connectivity index (χ3v) is 3.57. The first kappa shape index (κ1) is 16.8. The first-order valence-electron chi connectivity index (χ1n) is 7.01. The average molecular weight is 352 g/mol. The minimum absolute atomic E-state index is 0.119. The lowest BCUT2D eigenvalue weighted by atomic mass is 10.1. The van der Waals surface area contributed by atoms with Crippen molar-refractivity contribution in [1.29, 1.82) is 0 Å². The number of hydrogen-bond donors (Lipinski definition) is 2. The van der Waals surface area contributed by atoms with Crippen molar-refractivity contribution >= 4 is 23.6 Å². The summed E-state index contributed by atoms with van der Waals surface area (Å²) >= 11 is 0. The molecule has 6 nitrogen and oxygen atoms in total. The van der Waals surface area contributed by atoms with E-state index in [2.05, 4.69) is 5.43 Å². The summed E-state index contributed by atoms with van der Waals surface area (Å²) in [5, 5.41) is 9.90. The predicted molar refractivity (Wildman–Crippen MR) is 79.7 cm³/mol. The normalized spacial score (nSPS) is 16.6. The van der Waals surface area contributed by atoms with Gasteiger partial charge in [0, 0.05) is 11.1 Å². The number of alkyl halides is 3. The van der Waals surface area contributed by atoms with Gasteiger partial charge in [0.2, 0.25) is 0 Å². The van der Waals surface area contributed by atoms with Crippen LogP contribution in [0, 0.1) is 0 Å². The molecule has 0 bridgehead atoms. The lowest BCUT2D eigenvalue weighted by molar-refractivity contribution is -0.137. The molecule has 1 aliphatic rings. The third-order valence-electron chi connectivity index (χ3n) is 3.57. The van der Waals surface area contributed by atoms with E-state index in [-0.39, 0.29) is 17.9 Å². The number of aliphatic hydroxyl groups is 1. The van der Waals surface area contributed by atoms with Gasteiger partial charge in [0.15, 0.2) is 0 Å². The number of carbonyl (C=O) groups excluding carboxylic acids is 2. The molecule has 2 N–H and O–H groups in total. The second-order valence-corrected chi connectivity index (χ2v) is 5.20. The Hall–Kier alpha value is -3.07. The topological polar surface area (TPSA) is 82.8 Å². The largest absolute Gasteiger partial charge is 0.472 e. The second-order valence-electron chi connectivity index (χ2n) is 5.20. The highest BCUT2D eigenvalue weighted by atomic mass is 19.4. The van der Waals surface area contributed by atoms with Crippen molar-refractivity contribution in [3.63, 3.8) is 0 Å². The highest BCUT2D eigenvalue weighted by Crippen LogP contribution is 2.32. The lowest BCUT2D eigenvalue weighted by Crippen LogP contribution is -2.35. The van der Waals surface area contributed by atoms with E-state index < -0.39 is 23.6 Å². The van der Waals surface area contributed by atoms with Crippen LogP contribution in [0.15, 0.2) is 46.8 Å². The van der Waals surface area contributed by atoms with Crippen LogP contribution in [0.4, 0.5) is 18.9 Å². The summed E-state index contributed by atoms with van der Waals surface area (Å²) < 4.78 is 43.3. The highest BCUT2D eigenvalue weighted by Gasteiger charge is 2.36. The molecule has 25 heavy (non-hydrogen) atoms. The number of furan rings is 1. The van der Waals surface area contributed by atoms with Gasteiger partial charge in [0.1, 0.15) is 5.57 Å². The van der Waals surface area contributed by atoms with Crippen molar-refractivity contribution in [2.24, 2.45) is 0 Å². The maximum atomic E-state index is 12.8. The van der Waals surface area contributed by atoms with Gasteiger partial charge in [-0.25, -0.2) is 5.01 Å². The Balaban J connectivity index is 1.94. The molecule has 1 aromatic carbocycles. The molecule has 9 heteroatoms. The number of benzene rings is 1. The molecule has 0 unspecified atom stereocenters. The molecule has 130 valence electrons. The van der Waals surface area contributed by atoms with Crippen LogP contribution in [0.1, 0.15) is 16.7 Å². The van der Waals surface area contributed by atoms with Gasteiger partial charge in [-0.1, -0.05) is 6.07 Å². The predicted octanol–water partition coefficient (Wildman–Crippen LogP) is 2.25. The fraction of sp³-hybridized carbons (Fsp3) is 0.125. The van der Waals surface area contributed by atoms with Crippen molar-refractivity contribution in [2.45, 2.75) is 12.8 Å². The third kappa shape index (κ3) is 3.13. The van der Waals surface area contributed by atoms with Crippen molar-refractivity contribution in [1.82, 2.24) is 5.43 Å². The van der Waals surface area contributed by atoms with E-state index in [4.69, 9.17) is 9.52 Å². The molecule has 3 rings (SSSR count). The molecule has 0 spiro atoms. The number of aliphatic hydroxyl groups excluding tert-OH is 1. The first-order chi connectivity index (χ1) is 11.8. The van der Waals surface area contributed by atoms with Crippen molar-refractivity contribution in [3.05, 3.63) is 59.1 Å². The van der Waals surface area contributed by atoms with Crippen LogP contribution in [-0.2, 0) is 22.4 Å². The van der Waals surface area contributed by atoms with Gasteiger partial charge in [0.25, 0.3) is 11.8 Å². The van der Waals surface area contributed by atoms with Gasteiger partial charge in [-0.15, -0.1) is 0 Å². The Kier molecular flexibility index (Phi) is 4.09. The molecule has 0 saturated carbocycles. The summed E-state index contributed by atoms with van der Waals surface area (Å²) in [6, 6.07) is 4.03. The van der Waals surface area contributed by atoms with E-state index in [1.807, 2.05) is 0 Å². The van der Waals surface area contributed by atoms with E-state index in [0.717, 1.165) is 23.2 Å². The van der Waals surface area contributed by atoms with Gasteiger partial charge in [-0.2, -0.15) is 13.2 Å². The van der Waals surface area contributed by atoms with Crippen LogP contribution in [0.2, 0.25) is 0 Å². The smallest absolute Gasteiger partial charge is 0.416 e. The number of amides is 2. The summed E-state index contributed by atoms with van der Waals surface area (Å²) in [6.07, 6.45) is -0.866. The summed E-state index contributed by atoms with van der Waals surface area (Å²) in [7, 11) is 0. The molecule has 1 fully saturated rings. The Labute approximate surface area is 139 Å². The maximum absolute atomic E-state index is 12.8. The molecule has 2 heterocycles. The number of hydrogen-bond acceptors (Lipinski definition) is 4. The molecule has 1 aliphatic heterocycles. The number of hydrazine groups is 1. The van der Waals surface area contributed by atoms with E-state index in [1.54, 1.807) is 0 Å². The van der Waals surface area contributed by atoms with Crippen LogP contribution < -0.4 is 10.4 Å². The monoisotopic (exact) mass is 352 g/mol. The first-order valence-corrected chi connectivity index (χ1v) is 7.01. The molecule has 1 aromatic heterocycles. The quantitative estimate of drug-likeness (QED) is 0.656. The number of nitrogens with one attached hydrogen (secondary N) is 1. The van der Waals surface area contributed by atoms with Crippen LogP contribution in [0.3, 0.4) is 0 Å². The van der Waals surface area contributed by atoms with Gasteiger partial charge in [-0.05, 0) is 24.3 Å². The van der Waals surface area contributed by atoms with E-state index in [9.17, 15) is 22.8 Å². The summed E-state index contributed by atoms with van der Waals surface area (Å²) in [6.45, 7) is -0.358. The molecule has 0 atom stereocenters. The van der Waals surface area contributed by atoms with Gasteiger partial charge >= 0.3 is 6.18 Å². The van der Waals surface area contributed by atoms with Crippen molar-refractivity contribution in [2.75, 3.05) is 5.01 Å². The molecule has 2 aromatic rings. The number of rotatable bonds is 3. The van der Waals surface area contributed by atoms with Crippen molar-refractivity contribution < 1.29 is 32.3 Å². The number of carbonyl (C=O) groups is 2. The van der Waals surface area contributed by atoms with Crippen molar-refractivity contribution in [3.8, 4) is 0 Å². The minimum atomic E-state index is -4.58. The zero-order chi connectivity index (χ0) is 18.2. The summed E-state index contributed by atoms with van der Waals surface area (Å²) in [5.74, 6) is -1.58. The van der Waals surface area contributed by atoms with Gasteiger partial charge in [0.05, 0.1) is 30.4 Å². The average Bonchev–Trinajstić information content (AvgIpc) is 3.13. The van der Waals surface area contributed by atoms with Gasteiger partial charge < -0.3 is 9.52 Å². The zero-order valence-electron chi connectivity index (χ0n) is 12.5. The maximum Gasteiger partial charge on any atom is 0.416 e. The van der Waals surface area contributed by atoms with Crippen LogP contribution >= 0.6 is 0 Å². The number of halogens is 3. The van der Waals surface area contributed by atoms with Crippen LogP contribution in [-0.4, -0.2) is 16.9 Å². The van der Waals surface area contributed by atoms with Crippen LogP contribution in [0.5, 0.6) is 0 Å². The molecule has 0 radical (unpaired) electrons. The highest BCUT2D eigenvalue weighted by molar-refractivity contribution is 6.31. The summed E-state index contributed by atoms with van der Waals surface area (Å²) in [5.41, 5.74) is 1.56. The SMILES string of the molecule is O=C1NN(c2cccc(C(F)(F)F)c2)C(=O)/C1=C\c1cocc1CO. The fourth-order valence-corrected chi connectivity index (χ4v) is 2.30. The molecule has 2 amide bonds. The Bertz CT molecular complexity index is 870. The Morgan fingerprint density at radius 1 is 1.24 bits per heavy atom. The minimum Gasteiger partial charge on any atom is -0.472 e.